The number of aliphatic hydroxyl groups excluding tert-OH is 1. The maximum absolute atomic E-state index is 8.61. The van der Waals surface area contributed by atoms with Crippen LogP contribution in [0.5, 0.6) is 0 Å². The molecule has 1 aromatic heterocycles. The zero-order valence-electron chi connectivity index (χ0n) is 8.96. The van der Waals surface area contributed by atoms with Gasteiger partial charge in [0.25, 0.3) is 0 Å². The monoisotopic (exact) mass is 272 g/mol. The SMILES string of the molecule is Cc1ncc(CNCCCCO)cc1Br. The van der Waals surface area contributed by atoms with Gasteiger partial charge in [-0.25, -0.2) is 0 Å². The van der Waals surface area contributed by atoms with Crippen molar-refractivity contribution in [3.63, 3.8) is 0 Å². The summed E-state index contributed by atoms with van der Waals surface area (Å²) in [6.45, 7) is 4.02. The van der Waals surface area contributed by atoms with Gasteiger partial charge < -0.3 is 10.4 Å². The van der Waals surface area contributed by atoms with Gasteiger partial charge in [0.1, 0.15) is 0 Å². The highest BCUT2D eigenvalue weighted by atomic mass is 79.9. The topological polar surface area (TPSA) is 45.2 Å². The van der Waals surface area contributed by atoms with Crippen LogP contribution in [-0.2, 0) is 6.54 Å². The highest BCUT2D eigenvalue weighted by Gasteiger charge is 1.98. The van der Waals surface area contributed by atoms with Crippen molar-refractivity contribution >= 4 is 15.9 Å². The summed E-state index contributed by atoms with van der Waals surface area (Å²) >= 11 is 3.46. The van der Waals surface area contributed by atoms with Crippen LogP contribution < -0.4 is 5.32 Å². The van der Waals surface area contributed by atoms with E-state index >= 15 is 0 Å². The number of pyridine rings is 1. The van der Waals surface area contributed by atoms with Gasteiger partial charge in [-0.2, -0.15) is 0 Å². The molecule has 0 aliphatic heterocycles. The molecule has 0 amide bonds. The molecule has 0 unspecified atom stereocenters. The fourth-order valence-corrected chi connectivity index (χ4v) is 1.63. The zero-order valence-corrected chi connectivity index (χ0v) is 10.5. The van der Waals surface area contributed by atoms with E-state index in [1.165, 1.54) is 5.56 Å². The lowest BCUT2D eigenvalue weighted by molar-refractivity contribution is 0.283. The summed E-state index contributed by atoms with van der Waals surface area (Å²) in [5.41, 5.74) is 2.19. The van der Waals surface area contributed by atoms with E-state index < -0.39 is 0 Å². The van der Waals surface area contributed by atoms with Crippen molar-refractivity contribution in [1.29, 1.82) is 0 Å². The molecule has 0 fully saturated rings. The predicted octanol–water partition coefficient (Wildman–Crippen LogP) is 2.01. The number of aryl methyl sites for hydroxylation is 1. The van der Waals surface area contributed by atoms with Gasteiger partial charge in [-0.15, -0.1) is 0 Å². The molecule has 1 heterocycles. The summed E-state index contributed by atoms with van der Waals surface area (Å²) in [4.78, 5) is 4.27. The fraction of sp³-hybridized carbons (Fsp3) is 0.545. The Labute approximate surface area is 99.1 Å². The van der Waals surface area contributed by atoms with Crippen molar-refractivity contribution in [1.82, 2.24) is 10.3 Å². The van der Waals surface area contributed by atoms with E-state index in [-0.39, 0.29) is 6.61 Å². The molecule has 0 aromatic carbocycles. The van der Waals surface area contributed by atoms with Crippen LogP contribution in [-0.4, -0.2) is 23.2 Å². The summed E-state index contributed by atoms with van der Waals surface area (Å²) in [7, 11) is 0. The van der Waals surface area contributed by atoms with Crippen molar-refractivity contribution in [2.24, 2.45) is 0 Å². The average molecular weight is 273 g/mol. The van der Waals surface area contributed by atoms with E-state index in [2.05, 4.69) is 32.3 Å². The quantitative estimate of drug-likeness (QED) is 0.779. The normalized spacial score (nSPS) is 10.6. The van der Waals surface area contributed by atoms with E-state index in [0.29, 0.717) is 0 Å². The third kappa shape index (κ3) is 4.73. The Hall–Kier alpha value is -0.450. The Bertz CT molecular complexity index is 305. The summed E-state index contributed by atoms with van der Waals surface area (Å²) < 4.78 is 1.05. The number of nitrogens with one attached hydrogen (secondary N) is 1. The first-order valence-corrected chi connectivity index (χ1v) is 5.96. The van der Waals surface area contributed by atoms with Crippen LogP contribution in [0.15, 0.2) is 16.7 Å². The van der Waals surface area contributed by atoms with Gasteiger partial charge in [0.05, 0.1) is 5.69 Å². The molecule has 4 heteroatoms. The molecular formula is C11H17BrN2O. The molecule has 1 aromatic rings. The maximum Gasteiger partial charge on any atom is 0.0514 e. The Balaban J connectivity index is 2.28. The number of nitrogens with zero attached hydrogens (tertiary/aromatic N) is 1. The van der Waals surface area contributed by atoms with Crippen LogP contribution in [0.1, 0.15) is 24.1 Å². The fourth-order valence-electron chi connectivity index (χ4n) is 1.24. The highest BCUT2D eigenvalue weighted by Crippen LogP contribution is 2.14. The van der Waals surface area contributed by atoms with Crippen molar-refractivity contribution in [2.45, 2.75) is 26.3 Å². The summed E-state index contributed by atoms with van der Waals surface area (Å²) in [5, 5.41) is 11.9. The summed E-state index contributed by atoms with van der Waals surface area (Å²) in [6.07, 6.45) is 3.76. The molecule has 84 valence electrons. The number of hydrogen-bond donors (Lipinski definition) is 2. The van der Waals surface area contributed by atoms with E-state index in [9.17, 15) is 0 Å². The molecule has 0 radical (unpaired) electrons. The van der Waals surface area contributed by atoms with E-state index in [4.69, 9.17) is 5.11 Å². The first-order chi connectivity index (χ1) is 7.24. The molecule has 0 aliphatic rings. The van der Waals surface area contributed by atoms with Crippen molar-refractivity contribution in [3.8, 4) is 0 Å². The van der Waals surface area contributed by atoms with Crippen LogP contribution in [0.25, 0.3) is 0 Å². The standard InChI is InChI=1S/C11H17BrN2O/c1-9-11(12)6-10(8-14-9)7-13-4-2-3-5-15/h6,8,13,15H,2-5,7H2,1H3. The lowest BCUT2D eigenvalue weighted by Gasteiger charge is -2.05. The van der Waals surface area contributed by atoms with E-state index in [0.717, 1.165) is 36.1 Å². The first-order valence-electron chi connectivity index (χ1n) is 5.16. The number of rotatable bonds is 6. The van der Waals surface area contributed by atoms with Crippen LogP contribution >= 0.6 is 15.9 Å². The Kier molecular flexibility index (Phi) is 5.83. The van der Waals surface area contributed by atoms with Gasteiger partial charge in [0.15, 0.2) is 0 Å². The van der Waals surface area contributed by atoms with Gasteiger partial charge in [-0.1, -0.05) is 0 Å². The van der Waals surface area contributed by atoms with Crippen LogP contribution in [0, 0.1) is 6.92 Å². The molecule has 0 spiro atoms. The van der Waals surface area contributed by atoms with Gasteiger partial charge in [-0.05, 0) is 53.9 Å². The Morgan fingerprint density at radius 1 is 1.47 bits per heavy atom. The number of halogens is 1. The second-order valence-electron chi connectivity index (χ2n) is 3.52. The van der Waals surface area contributed by atoms with Crippen LogP contribution in [0.2, 0.25) is 0 Å². The van der Waals surface area contributed by atoms with E-state index in [1.54, 1.807) is 0 Å². The van der Waals surface area contributed by atoms with Gasteiger partial charge in [0.2, 0.25) is 0 Å². The number of unbranched alkanes of at least 4 members (excludes halogenated alkanes) is 1. The molecule has 0 saturated carbocycles. The largest absolute Gasteiger partial charge is 0.396 e. The molecular weight excluding hydrogens is 256 g/mol. The first kappa shape index (κ1) is 12.6. The number of aromatic nitrogens is 1. The maximum atomic E-state index is 8.61. The molecule has 0 saturated heterocycles. The minimum atomic E-state index is 0.277. The number of aliphatic hydroxyl groups is 1. The summed E-state index contributed by atoms with van der Waals surface area (Å²) in [5.74, 6) is 0. The minimum absolute atomic E-state index is 0.277. The Morgan fingerprint density at radius 2 is 2.27 bits per heavy atom. The summed E-state index contributed by atoms with van der Waals surface area (Å²) in [6, 6.07) is 2.08. The molecule has 3 nitrogen and oxygen atoms in total. The van der Waals surface area contributed by atoms with Crippen molar-refractivity contribution < 1.29 is 5.11 Å². The van der Waals surface area contributed by atoms with E-state index in [1.807, 2.05) is 13.1 Å². The lowest BCUT2D eigenvalue weighted by Crippen LogP contribution is -2.15. The third-order valence-corrected chi connectivity index (χ3v) is 2.98. The third-order valence-electron chi connectivity index (χ3n) is 2.17. The van der Waals surface area contributed by atoms with Gasteiger partial charge >= 0.3 is 0 Å². The smallest absolute Gasteiger partial charge is 0.0514 e. The van der Waals surface area contributed by atoms with Crippen LogP contribution in [0.4, 0.5) is 0 Å². The second-order valence-corrected chi connectivity index (χ2v) is 4.37. The van der Waals surface area contributed by atoms with Crippen molar-refractivity contribution in [3.05, 3.63) is 28.0 Å². The highest BCUT2D eigenvalue weighted by molar-refractivity contribution is 9.10. The van der Waals surface area contributed by atoms with Crippen LogP contribution in [0.3, 0.4) is 0 Å². The predicted molar refractivity (Wildman–Crippen MR) is 64.7 cm³/mol. The molecule has 0 bridgehead atoms. The number of hydrogen-bond acceptors (Lipinski definition) is 3. The van der Waals surface area contributed by atoms with Crippen molar-refractivity contribution in [2.75, 3.05) is 13.2 Å². The molecule has 1 rings (SSSR count). The lowest BCUT2D eigenvalue weighted by atomic mass is 10.2. The molecule has 0 atom stereocenters. The Morgan fingerprint density at radius 3 is 2.93 bits per heavy atom. The van der Waals surface area contributed by atoms with Gasteiger partial charge in [-0.3, -0.25) is 4.98 Å². The minimum Gasteiger partial charge on any atom is -0.396 e. The molecule has 15 heavy (non-hydrogen) atoms. The second kappa shape index (κ2) is 6.93. The molecule has 0 aliphatic carbocycles. The average Bonchev–Trinajstić information content (AvgIpc) is 2.23. The molecule has 2 N–H and O–H groups in total. The zero-order chi connectivity index (χ0) is 11.1. The van der Waals surface area contributed by atoms with Gasteiger partial charge in [0, 0.05) is 23.8 Å².